The predicted octanol–water partition coefficient (Wildman–Crippen LogP) is 2.83. The topological polar surface area (TPSA) is 69.7 Å². The highest BCUT2D eigenvalue weighted by atomic mass is 16.6. The van der Waals surface area contributed by atoms with E-state index in [1.54, 1.807) is 19.9 Å². The van der Waals surface area contributed by atoms with Crippen molar-refractivity contribution in [2.24, 2.45) is 11.8 Å². The summed E-state index contributed by atoms with van der Waals surface area (Å²) in [4.78, 5) is 36.8. The summed E-state index contributed by atoms with van der Waals surface area (Å²) in [6.45, 7) is 13.3. The smallest absolute Gasteiger partial charge is 0.334 e. The molecule has 4 atom stereocenters. The number of hydrogen-bond donors (Lipinski definition) is 0. The minimum absolute atomic E-state index is 0.0106. The largest absolute Gasteiger partial charge is 0.458 e. The Morgan fingerprint density at radius 3 is 2.60 bits per heavy atom. The number of carbonyl (C=O) groups excluding carboxylic acids is 3. The maximum Gasteiger partial charge on any atom is 0.334 e. The molecule has 2 aliphatic carbocycles. The highest BCUT2D eigenvalue weighted by molar-refractivity contribution is 6.04. The first kappa shape index (κ1) is 17.4. The Balaban J connectivity index is 2.03. The van der Waals surface area contributed by atoms with Crippen LogP contribution in [0.3, 0.4) is 0 Å². The molecule has 0 aromatic rings. The monoisotopic (exact) mass is 342 g/mol. The van der Waals surface area contributed by atoms with E-state index in [-0.39, 0.29) is 23.7 Å². The van der Waals surface area contributed by atoms with E-state index < -0.39 is 30.1 Å². The Bertz CT molecular complexity index is 767. The number of ether oxygens (including phenoxy) is 2. The fourth-order valence-electron chi connectivity index (χ4n) is 3.92. The zero-order chi connectivity index (χ0) is 18.5. The molecule has 0 amide bonds. The van der Waals surface area contributed by atoms with Crippen molar-refractivity contribution in [2.75, 3.05) is 0 Å². The molecule has 0 aromatic carbocycles. The Morgan fingerprint density at radius 1 is 1.28 bits per heavy atom. The second-order valence-corrected chi connectivity index (χ2v) is 6.96. The number of fused-ring (bicyclic) bond motifs is 2. The molecule has 0 radical (unpaired) electrons. The summed E-state index contributed by atoms with van der Waals surface area (Å²) in [5.74, 6) is -1.45. The molecule has 0 N–H and O–H groups in total. The SMILES string of the molecule is C=C1C[C@H](OC(=O)/C(C)=C/C)[C@H]2C(=C)C(=O)O[C@@H]2C2=C1C(=O)C[C@H]2C. The molecule has 25 heavy (non-hydrogen) atoms. The van der Waals surface area contributed by atoms with Gasteiger partial charge in [-0.3, -0.25) is 4.79 Å². The molecule has 0 bridgehead atoms. The number of allylic oxidation sites excluding steroid dienone is 2. The zero-order valence-electron chi connectivity index (χ0n) is 14.8. The van der Waals surface area contributed by atoms with Gasteiger partial charge in [0, 0.05) is 29.6 Å². The van der Waals surface area contributed by atoms with Crippen LogP contribution in [0.25, 0.3) is 0 Å². The third-order valence-corrected chi connectivity index (χ3v) is 5.34. The average molecular weight is 342 g/mol. The Labute approximate surface area is 147 Å². The standard InChI is InChI=1S/C20H22O5/c1-6-9(2)19(22)24-14-8-11(4)15-13(21)7-10(3)16(15)18-17(14)12(5)20(23)25-18/h6,10,14,17-18H,4-5,7-8H2,1-3H3/b9-6+/t10-,14+,17-,18-/m1/s1. The molecular formula is C20H22O5. The number of Topliss-reactive ketones (excluding diaryl/α,β-unsaturated/α-hetero) is 1. The van der Waals surface area contributed by atoms with Crippen LogP contribution in [0.15, 0.2) is 47.1 Å². The molecule has 0 aromatic heterocycles. The van der Waals surface area contributed by atoms with Gasteiger partial charge < -0.3 is 9.47 Å². The van der Waals surface area contributed by atoms with Crippen LogP contribution in [-0.4, -0.2) is 29.9 Å². The first-order valence-corrected chi connectivity index (χ1v) is 8.45. The van der Waals surface area contributed by atoms with E-state index in [0.717, 1.165) is 5.57 Å². The van der Waals surface area contributed by atoms with Crippen LogP contribution in [-0.2, 0) is 23.9 Å². The molecule has 5 heteroatoms. The number of hydrogen-bond acceptors (Lipinski definition) is 5. The van der Waals surface area contributed by atoms with Gasteiger partial charge in [0.15, 0.2) is 5.78 Å². The second-order valence-electron chi connectivity index (χ2n) is 6.96. The summed E-state index contributed by atoms with van der Waals surface area (Å²) in [6.07, 6.45) is 1.10. The van der Waals surface area contributed by atoms with E-state index >= 15 is 0 Å². The summed E-state index contributed by atoms with van der Waals surface area (Å²) >= 11 is 0. The maximum atomic E-state index is 12.4. The van der Waals surface area contributed by atoms with Gasteiger partial charge in [0.2, 0.25) is 0 Å². The lowest BCUT2D eigenvalue weighted by Crippen LogP contribution is -2.34. The quantitative estimate of drug-likeness (QED) is 0.570. The lowest BCUT2D eigenvalue weighted by atomic mass is 9.84. The normalized spacial score (nSPS) is 32.4. The highest BCUT2D eigenvalue weighted by Gasteiger charge is 2.52. The molecule has 1 heterocycles. The van der Waals surface area contributed by atoms with Crippen LogP contribution in [0.4, 0.5) is 0 Å². The third kappa shape index (κ3) is 2.68. The van der Waals surface area contributed by atoms with E-state index in [1.165, 1.54) is 0 Å². The van der Waals surface area contributed by atoms with E-state index in [1.807, 2.05) is 6.92 Å². The van der Waals surface area contributed by atoms with Gasteiger partial charge in [-0.25, -0.2) is 9.59 Å². The van der Waals surface area contributed by atoms with Crippen LogP contribution < -0.4 is 0 Å². The Kier molecular flexibility index (Phi) is 4.27. The van der Waals surface area contributed by atoms with Crippen molar-refractivity contribution in [1.29, 1.82) is 0 Å². The summed E-state index contributed by atoms with van der Waals surface area (Å²) in [5, 5.41) is 0. The van der Waals surface area contributed by atoms with Crippen LogP contribution in [0, 0.1) is 11.8 Å². The van der Waals surface area contributed by atoms with E-state index in [4.69, 9.17) is 9.47 Å². The van der Waals surface area contributed by atoms with Crippen molar-refractivity contribution < 1.29 is 23.9 Å². The van der Waals surface area contributed by atoms with Gasteiger partial charge in [0.1, 0.15) is 12.2 Å². The molecule has 5 nitrogen and oxygen atoms in total. The van der Waals surface area contributed by atoms with Gasteiger partial charge in [-0.1, -0.05) is 26.2 Å². The fraction of sp³-hybridized carbons (Fsp3) is 0.450. The summed E-state index contributed by atoms with van der Waals surface area (Å²) in [5.41, 5.74) is 2.76. The molecule has 0 saturated carbocycles. The van der Waals surface area contributed by atoms with Gasteiger partial charge in [-0.05, 0) is 30.9 Å². The van der Waals surface area contributed by atoms with Gasteiger partial charge in [-0.2, -0.15) is 0 Å². The molecule has 1 saturated heterocycles. The van der Waals surface area contributed by atoms with Crippen LogP contribution in [0.2, 0.25) is 0 Å². The minimum atomic E-state index is -0.635. The van der Waals surface area contributed by atoms with Gasteiger partial charge in [-0.15, -0.1) is 0 Å². The van der Waals surface area contributed by atoms with Crippen molar-refractivity contribution in [2.45, 2.75) is 45.8 Å². The zero-order valence-corrected chi connectivity index (χ0v) is 14.8. The third-order valence-electron chi connectivity index (χ3n) is 5.34. The van der Waals surface area contributed by atoms with Crippen LogP contribution >= 0.6 is 0 Å². The van der Waals surface area contributed by atoms with E-state index in [0.29, 0.717) is 23.1 Å². The molecule has 0 unspecified atom stereocenters. The molecule has 132 valence electrons. The number of carbonyl (C=O) groups is 3. The Hall–Kier alpha value is -2.43. The lowest BCUT2D eigenvalue weighted by molar-refractivity contribution is -0.147. The Morgan fingerprint density at radius 2 is 1.96 bits per heavy atom. The fourth-order valence-corrected chi connectivity index (χ4v) is 3.92. The molecule has 1 fully saturated rings. The first-order valence-electron chi connectivity index (χ1n) is 8.45. The second kappa shape index (κ2) is 6.14. The predicted molar refractivity (Wildman–Crippen MR) is 91.4 cm³/mol. The maximum absolute atomic E-state index is 12.4. The number of esters is 2. The van der Waals surface area contributed by atoms with Gasteiger partial charge >= 0.3 is 11.9 Å². The van der Waals surface area contributed by atoms with Crippen LogP contribution in [0.1, 0.15) is 33.6 Å². The van der Waals surface area contributed by atoms with Crippen molar-refractivity contribution in [3.05, 3.63) is 47.1 Å². The number of ketones is 1. The first-order chi connectivity index (χ1) is 11.8. The average Bonchev–Trinajstić information content (AvgIpc) is 2.96. The van der Waals surface area contributed by atoms with Gasteiger partial charge in [0.25, 0.3) is 0 Å². The van der Waals surface area contributed by atoms with E-state index in [2.05, 4.69) is 13.2 Å². The molecule has 3 aliphatic rings. The summed E-state index contributed by atoms with van der Waals surface area (Å²) in [6, 6.07) is 0. The van der Waals surface area contributed by atoms with Gasteiger partial charge in [0.05, 0.1) is 5.92 Å². The molecule has 0 spiro atoms. The van der Waals surface area contributed by atoms with Crippen molar-refractivity contribution in [3.8, 4) is 0 Å². The van der Waals surface area contributed by atoms with Crippen molar-refractivity contribution in [3.63, 3.8) is 0 Å². The molecular weight excluding hydrogens is 320 g/mol. The van der Waals surface area contributed by atoms with E-state index in [9.17, 15) is 14.4 Å². The highest BCUT2D eigenvalue weighted by Crippen LogP contribution is 2.48. The summed E-state index contributed by atoms with van der Waals surface area (Å²) < 4.78 is 11.2. The van der Waals surface area contributed by atoms with Crippen molar-refractivity contribution in [1.82, 2.24) is 0 Å². The van der Waals surface area contributed by atoms with Crippen LogP contribution in [0.5, 0.6) is 0 Å². The van der Waals surface area contributed by atoms with Crippen molar-refractivity contribution >= 4 is 17.7 Å². The molecule has 1 aliphatic heterocycles. The molecule has 3 rings (SSSR count). The summed E-state index contributed by atoms with van der Waals surface area (Å²) in [7, 11) is 0. The lowest BCUT2D eigenvalue weighted by Gasteiger charge is -2.27. The minimum Gasteiger partial charge on any atom is -0.458 e. The number of rotatable bonds is 2.